The molecule has 1 N–H and O–H groups in total. The molecule has 2 aliphatic carbocycles. The van der Waals surface area contributed by atoms with Crippen molar-refractivity contribution < 1.29 is 4.74 Å². The van der Waals surface area contributed by atoms with E-state index >= 15 is 0 Å². The number of rotatable bonds is 5. The number of hydrogen-bond donors (Lipinski definition) is 1. The number of benzene rings is 1. The van der Waals surface area contributed by atoms with Gasteiger partial charge in [-0.25, -0.2) is 0 Å². The lowest BCUT2D eigenvalue weighted by Crippen LogP contribution is -2.37. The lowest BCUT2D eigenvalue weighted by atomic mass is 9.78. The summed E-state index contributed by atoms with van der Waals surface area (Å²) in [4.78, 5) is 0. The molecule has 0 radical (unpaired) electrons. The molecule has 3 rings (SSSR count). The minimum Gasteiger partial charge on any atom is -0.497 e. The molecule has 0 saturated heterocycles. The molecule has 1 aromatic rings. The standard InChI is InChI=1S/C17H25NO/c1-3-13-8-15(18-11-12-4-5-12)9-14-6-7-16(19-2)10-17(13)14/h6-7,10,12-13,15,18H,3-5,8-9,11H2,1-2H3. The fourth-order valence-corrected chi connectivity index (χ4v) is 3.28. The first-order valence-corrected chi connectivity index (χ1v) is 7.70. The van der Waals surface area contributed by atoms with Gasteiger partial charge in [-0.1, -0.05) is 13.0 Å². The van der Waals surface area contributed by atoms with E-state index in [4.69, 9.17) is 4.74 Å². The van der Waals surface area contributed by atoms with Crippen LogP contribution in [0.15, 0.2) is 18.2 Å². The highest BCUT2D eigenvalue weighted by Gasteiger charge is 2.28. The van der Waals surface area contributed by atoms with Crippen molar-refractivity contribution >= 4 is 0 Å². The molecule has 0 bridgehead atoms. The summed E-state index contributed by atoms with van der Waals surface area (Å²) < 4.78 is 5.37. The highest BCUT2D eigenvalue weighted by molar-refractivity contribution is 5.40. The van der Waals surface area contributed by atoms with Crippen LogP contribution in [0.4, 0.5) is 0 Å². The molecule has 0 spiro atoms. The molecule has 2 heteroatoms. The SMILES string of the molecule is CCC1CC(NCC2CC2)Cc2ccc(OC)cc21. The van der Waals surface area contributed by atoms with Crippen LogP contribution in [0.2, 0.25) is 0 Å². The van der Waals surface area contributed by atoms with Crippen LogP contribution >= 0.6 is 0 Å². The lowest BCUT2D eigenvalue weighted by molar-refractivity contribution is 0.391. The largest absolute Gasteiger partial charge is 0.497 e. The van der Waals surface area contributed by atoms with Crippen molar-refractivity contribution in [2.24, 2.45) is 5.92 Å². The Labute approximate surface area is 116 Å². The molecule has 19 heavy (non-hydrogen) atoms. The van der Waals surface area contributed by atoms with Gasteiger partial charge in [0.05, 0.1) is 7.11 Å². The summed E-state index contributed by atoms with van der Waals surface area (Å²) in [6.07, 6.45) is 6.56. The topological polar surface area (TPSA) is 21.3 Å². The summed E-state index contributed by atoms with van der Waals surface area (Å²) >= 11 is 0. The highest BCUT2D eigenvalue weighted by Crippen LogP contribution is 2.36. The smallest absolute Gasteiger partial charge is 0.119 e. The predicted molar refractivity (Wildman–Crippen MR) is 78.9 cm³/mol. The molecular weight excluding hydrogens is 234 g/mol. The van der Waals surface area contributed by atoms with Crippen LogP contribution in [-0.2, 0) is 6.42 Å². The maximum Gasteiger partial charge on any atom is 0.119 e. The van der Waals surface area contributed by atoms with Gasteiger partial charge in [0.2, 0.25) is 0 Å². The number of fused-ring (bicyclic) bond motifs is 1. The van der Waals surface area contributed by atoms with Gasteiger partial charge in [0.15, 0.2) is 0 Å². The third-order valence-electron chi connectivity index (χ3n) is 4.71. The molecule has 0 heterocycles. The van der Waals surface area contributed by atoms with Crippen molar-refractivity contribution in [3.05, 3.63) is 29.3 Å². The minimum absolute atomic E-state index is 0.673. The summed E-state index contributed by atoms with van der Waals surface area (Å²) in [6.45, 7) is 3.53. The molecule has 0 amide bonds. The molecule has 1 fully saturated rings. The Morgan fingerprint density at radius 1 is 1.32 bits per heavy atom. The number of nitrogens with one attached hydrogen (secondary N) is 1. The summed E-state index contributed by atoms with van der Waals surface area (Å²) in [5.41, 5.74) is 3.04. The van der Waals surface area contributed by atoms with E-state index in [2.05, 4.69) is 30.4 Å². The van der Waals surface area contributed by atoms with E-state index in [0.717, 1.165) is 11.7 Å². The zero-order valence-corrected chi connectivity index (χ0v) is 12.1. The summed E-state index contributed by atoms with van der Waals surface area (Å²) in [5, 5.41) is 3.79. The monoisotopic (exact) mass is 259 g/mol. The first kappa shape index (κ1) is 13.0. The summed E-state index contributed by atoms with van der Waals surface area (Å²) in [5.74, 6) is 2.66. The average Bonchev–Trinajstić information content (AvgIpc) is 3.27. The van der Waals surface area contributed by atoms with Crippen LogP contribution in [0.1, 0.15) is 49.7 Å². The first-order chi connectivity index (χ1) is 9.30. The van der Waals surface area contributed by atoms with E-state index < -0.39 is 0 Å². The molecule has 2 atom stereocenters. The second-order valence-corrected chi connectivity index (χ2v) is 6.16. The molecule has 2 unspecified atom stereocenters. The Morgan fingerprint density at radius 2 is 2.16 bits per heavy atom. The first-order valence-electron chi connectivity index (χ1n) is 7.70. The fourth-order valence-electron chi connectivity index (χ4n) is 3.28. The van der Waals surface area contributed by atoms with Gasteiger partial charge >= 0.3 is 0 Å². The predicted octanol–water partition coefficient (Wildman–Crippen LogP) is 3.50. The maximum atomic E-state index is 5.37. The lowest BCUT2D eigenvalue weighted by Gasteiger charge is -2.32. The van der Waals surface area contributed by atoms with Crippen molar-refractivity contribution in [1.82, 2.24) is 5.32 Å². The third kappa shape index (κ3) is 2.94. The van der Waals surface area contributed by atoms with Gasteiger partial charge < -0.3 is 10.1 Å². The third-order valence-corrected chi connectivity index (χ3v) is 4.71. The summed E-state index contributed by atoms with van der Waals surface area (Å²) in [7, 11) is 1.76. The Morgan fingerprint density at radius 3 is 2.84 bits per heavy atom. The van der Waals surface area contributed by atoms with E-state index in [1.54, 1.807) is 7.11 Å². The van der Waals surface area contributed by atoms with Gasteiger partial charge in [-0.15, -0.1) is 0 Å². The average molecular weight is 259 g/mol. The number of ether oxygens (including phenoxy) is 1. The normalized spacial score (nSPS) is 26.0. The van der Waals surface area contributed by atoms with Crippen molar-refractivity contribution in [3.63, 3.8) is 0 Å². The van der Waals surface area contributed by atoms with E-state index in [-0.39, 0.29) is 0 Å². The highest BCUT2D eigenvalue weighted by atomic mass is 16.5. The van der Waals surface area contributed by atoms with Crippen LogP contribution in [0.3, 0.4) is 0 Å². The van der Waals surface area contributed by atoms with Gasteiger partial charge in [0.25, 0.3) is 0 Å². The summed E-state index contributed by atoms with van der Waals surface area (Å²) in [6, 6.07) is 7.29. The van der Waals surface area contributed by atoms with Crippen molar-refractivity contribution in [3.8, 4) is 5.75 Å². The zero-order valence-electron chi connectivity index (χ0n) is 12.1. The van der Waals surface area contributed by atoms with Gasteiger partial charge in [0, 0.05) is 6.04 Å². The Hall–Kier alpha value is -1.02. The number of methoxy groups -OCH3 is 1. The molecular formula is C17H25NO. The van der Waals surface area contributed by atoms with Crippen LogP contribution in [-0.4, -0.2) is 19.7 Å². The number of hydrogen-bond acceptors (Lipinski definition) is 2. The molecule has 2 nitrogen and oxygen atoms in total. The minimum atomic E-state index is 0.673. The molecule has 1 saturated carbocycles. The molecule has 2 aliphatic rings. The second kappa shape index (κ2) is 5.54. The quantitative estimate of drug-likeness (QED) is 0.874. The van der Waals surface area contributed by atoms with Gasteiger partial charge in [-0.05, 0) is 73.7 Å². The van der Waals surface area contributed by atoms with Crippen molar-refractivity contribution in [1.29, 1.82) is 0 Å². The maximum absolute atomic E-state index is 5.37. The van der Waals surface area contributed by atoms with Crippen LogP contribution in [0.25, 0.3) is 0 Å². The van der Waals surface area contributed by atoms with E-state index in [1.807, 2.05) is 0 Å². The second-order valence-electron chi connectivity index (χ2n) is 6.16. The van der Waals surface area contributed by atoms with E-state index in [0.29, 0.717) is 12.0 Å². The van der Waals surface area contributed by atoms with Gasteiger partial charge in [-0.2, -0.15) is 0 Å². The van der Waals surface area contributed by atoms with Crippen LogP contribution in [0.5, 0.6) is 5.75 Å². The zero-order chi connectivity index (χ0) is 13.2. The van der Waals surface area contributed by atoms with Crippen molar-refractivity contribution in [2.75, 3.05) is 13.7 Å². The Kier molecular flexibility index (Phi) is 3.79. The fraction of sp³-hybridized carbons (Fsp3) is 0.647. The molecule has 0 aromatic heterocycles. The van der Waals surface area contributed by atoms with E-state index in [9.17, 15) is 0 Å². The Bertz CT molecular complexity index is 439. The van der Waals surface area contributed by atoms with Gasteiger partial charge in [-0.3, -0.25) is 0 Å². The van der Waals surface area contributed by atoms with Crippen LogP contribution < -0.4 is 10.1 Å². The van der Waals surface area contributed by atoms with Gasteiger partial charge in [0.1, 0.15) is 5.75 Å². The van der Waals surface area contributed by atoms with E-state index in [1.165, 1.54) is 49.8 Å². The molecule has 104 valence electrons. The molecule has 1 aromatic carbocycles. The molecule has 0 aliphatic heterocycles. The van der Waals surface area contributed by atoms with Crippen LogP contribution in [0, 0.1) is 5.92 Å². The Balaban J connectivity index is 1.74. The van der Waals surface area contributed by atoms with Crippen molar-refractivity contribution in [2.45, 2.75) is 51.0 Å².